The van der Waals surface area contributed by atoms with Gasteiger partial charge in [0.15, 0.2) is 6.10 Å². The minimum absolute atomic E-state index is 0.0291. The molecule has 0 aliphatic heterocycles. The fourth-order valence-corrected chi connectivity index (χ4v) is 6.17. The van der Waals surface area contributed by atoms with Crippen LogP contribution in [0.1, 0.15) is 168 Å². The molecule has 0 saturated heterocycles. The van der Waals surface area contributed by atoms with Crippen LogP contribution in [0.4, 0.5) is 0 Å². The van der Waals surface area contributed by atoms with Gasteiger partial charge in [-0.05, 0) is 58.4 Å². The van der Waals surface area contributed by atoms with E-state index in [0.29, 0.717) is 19.4 Å². The average Bonchev–Trinajstić information content (AvgIpc) is 3.15. The second-order valence-corrected chi connectivity index (χ2v) is 15.3. The molecule has 9 nitrogen and oxygen atoms in total. The molecule has 0 aliphatic rings. The van der Waals surface area contributed by atoms with Crippen LogP contribution < -0.4 is 5.32 Å². The van der Waals surface area contributed by atoms with Crippen LogP contribution in [0.15, 0.2) is 60.8 Å². The zero-order chi connectivity index (χ0) is 39.6. The number of esters is 2. The molecule has 10 heteroatoms. The van der Waals surface area contributed by atoms with E-state index in [2.05, 4.69) is 67.8 Å². The first-order chi connectivity index (χ1) is 26.3. The summed E-state index contributed by atoms with van der Waals surface area (Å²) in [5.74, 6) is -0.904. The maximum atomic E-state index is 12.6. The lowest BCUT2D eigenvalue weighted by Gasteiger charge is -2.20. The van der Waals surface area contributed by atoms with Crippen molar-refractivity contribution in [2.24, 2.45) is 0 Å². The number of nitrogens with one attached hydrogen (secondary N) is 1. The Balaban J connectivity index is 4.36. The zero-order valence-corrected chi connectivity index (χ0v) is 35.3. The summed E-state index contributed by atoms with van der Waals surface area (Å²) in [6.07, 6.45) is 45.6. The Labute approximate surface area is 330 Å². The van der Waals surface area contributed by atoms with Crippen LogP contribution >= 0.6 is 7.82 Å². The van der Waals surface area contributed by atoms with E-state index in [0.717, 1.165) is 44.9 Å². The van der Waals surface area contributed by atoms with Crippen LogP contribution in [0.5, 0.6) is 0 Å². The van der Waals surface area contributed by atoms with Crippen LogP contribution in [-0.4, -0.2) is 56.3 Å². The van der Waals surface area contributed by atoms with Crippen molar-refractivity contribution in [3.05, 3.63) is 60.8 Å². The van der Waals surface area contributed by atoms with Crippen LogP contribution in [0.3, 0.4) is 0 Å². The van der Waals surface area contributed by atoms with Crippen molar-refractivity contribution in [2.45, 2.75) is 174 Å². The molecular formula is C44H78NO8P. The predicted octanol–water partition coefficient (Wildman–Crippen LogP) is 12.0. The Morgan fingerprint density at radius 2 is 1.04 bits per heavy atom. The maximum Gasteiger partial charge on any atom is 0.472 e. The molecule has 0 rings (SSSR count). The number of likely N-dealkylation sites (N-methyl/N-ethyl adjacent to an activating group) is 1. The van der Waals surface area contributed by atoms with Gasteiger partial charge >= 0.3 is 19.8 Å². The molecule has 0 amide bonds. The van der Waals surface area contributed by atoms with E-state index in [9.17, 15) is 19.0 Å². The van der Waals surface area contributed by atoms with Gasteiger partial charge in [-0.2, -0.15) is 0 Å². The molecule has 2 atom stereocenters. The van der Waals surface area contributed by atoms with E-state index in [1.54, 1.807) is 7.05 Å². The number of hydrogen-bond donors (Lipinski definition) is 2. The normalized spacial score (nSPS) is 13.9. The molecule has 2 unspecified atom stereocenters. The summed E-state index contributed by atoms with van der Waals surface area (Å²) in [4.78, 5) is 35.0. The maximum absolute atomic E-state index is 12.6. The molecule has 2 N–H and O–H groups in total. The number of phosphoric ester groups is 1. The summed E-state index contributed by atoms with van der Waals surface area (Å²) in [5, 5.41) is 2.81. The van der Waals surface area contributed by atoms with Gasteiger partial charge < -0.3 is 19.7 Å². The van der Waals surface area contributed by atoms with E-state index in [1.165, 1.54) is 83.5 Å². The van der Waals surface area contributed by atoms with Gasteiger partial charge in [-0.15, -0.1) is 0 Å². The van der Waals surface area contributed by atoms with E-state index in [1.807, 2.05) is 12.2 Å². The number of phosphoric acid groups is 1. The van der Waals surface area contributed by atoms with Gasteiger partial charge in [0.1, 0.15) is 6.61 Å². The fraction of sp³-hybridized carbons (Fsp3) is 0.727. The predicted molar refractivity (Wildman–Crippen MR) is 224 cm³/mol. The van der Waals surface area contributed by atoms with Crippen molar-refractivity contribution in [1.29, 1.82) is 0 Å². The summed E-state index contributed by atoms with van der Waals surface area (Å²) in [5.41, 5.74) is 0. The molecule has 0 radical (unpaired) electrons. The Morgan fingerprint density at radius 3 is 1.56 bits per heavy atom. The van der Waals surface area contributed by atoms with Gasteiger partial charge in [-0.3, -0.25) is 18.6 Å². The zero-order valence-electron chi connectivity index (χ0n) is 34.4. The van der Waals surface area contributed by atoms with Gasteiger partial charge in [-0.1, -0.05) is 164 Å². The average molecular weight is 780 g/mol. The SMILES string of the molecule is CCCCC/C=C\C/C=C\C/C=C\C/C=C\C/C=C\CCC(=O)OCC(COP(=O)(O)OCCNC)OC(=O)CCCCCCCCCCCCCCC. The number of unbranched alkanes of at least 4 members (excludes halogenated alkanes) is 15. The summed E-state index contributed by atoms with van der Waals surface area (Å²) < 4.78 is 33.1. The van der Waals surface area contributed by atoms with Gasteiger partial charge in [0.05, 0.1) is 13.2 Å². The van der Waals surface area contributed by atoms with Crippen molar-refractivity contribution in [3.8, 4) is 0 Å². The Hall–Kier alpha value is -2.29. The number of hydrogen-bond acceptors (Lipinski definition) is 8. The van der Waals surface area contributed by atoms with E-state index < -0.39 is 32.5 Å². The number of allylic oxidation sites excluding steroid dienone is 10. The molecule has 0 spiro atoms. The molecule has 0 aromatic rings. The minimum atomic E-state index is -4.36. The van der Waals surface area contributed by atoms with E-state index >= 15 is 0 Å². The highest BCUT2D eigenvalue weighted by atomic mass is 31.2. The molecule has 0 fully saturated rings. The van der Waals surface area contributed by atoms with Crippen LogP contribution in [0, 0.1) is 0 Å². The molecule has 0 aromatic heterocycles. The summed E-state index contributed by atoms with van der Waals surface area (Å²) in [6.45, 7) is 4.10. The summed E-state index contributed by atoms with van der Waals surface area (Å²) >= 11 is 0. The first-order valence-corrected chi connectivity index (χ1v) is 22.7. The van der Waals surface area contributed by atoms with Gasteiger partial charge in [0.25, 0.3) is 0 Å². The van der Waals surface area contributed by atoms with Crippen LogP contribution in [0.25, 0.3) is 0 Å². The molecule has 0 heterocycles. The highest BCUT2D eigenvalue weighted by Gasteiger charge is 2.26. The molecule has 0 aliphatic carbocycles. The highest BCUT2D eigenvalue weighted by Crippen LogP contribution is 2.43. The second-order valence-electron chi connectivity index (χ2n) is 13.8. The van der Waals surface area contributed by atoms with Crippen molar-refractivity contribution in [2.75, 3.05) is 33.4 Å². The van der Waals surface area contributed by atoms with Crippen molar-refractivity contribution in [3.63, 3.8) is 0 Å². The topological polar surface area (TPSA) is 120 Å². The minimum Gasteiger partial charge on any atom is -0.462 e. The lowest BCUT2D eigenvalue weighted by Crippen LogP contribution is -2.29. The first-order valence-electron chi connectivity index (χ1n) is 21.2. The monoisotopic (exact) mass is 780 g/mol. The lowest BCUT2D eigenvalue weighted by molar-refractivity contribution is -0.161. The standard InChI is InChI=1S/C44H78NO8P/c1-4-6-8-10-12-14-16-18-19-20-21-22-23-25-26-28-30-32-34-36-43(46)50-40-42(41-52-54(48,49)51-39-38-45-3)53-44(47)37-35-33-31-29-27-24-17-15-13-11-9-7-5-2/h12,14,18-19,21-22,25-26,30,32,42,45H,4-11,13,15-17,20,23-24,27-29,31,33-41H2,1-3H3,(H,48,49)/b14-12-,19-18-,22-21-,26-25-,32-30-. The molecular weight excluding hydrogens is 701 g/mol. The van der Waals surface area contributed by atoms with Gasteiger partial charge in [0, 0.05) is 19.4 Å². The van der Waals surface area contributed by atoms with Gasteiger partial charge in [0.2, 0.25) is 0 Å². The summed E-state index contributed by atoms with van der Waals surface area (Å²) in [6, 6.07) is 0. The fourth-order valence-electron chi connectivity index (χ4n) is 5.42. The molecule has 54 heavy (non-hydrogen) atoms. The molecule has 0 bridgehead atoms. The molecule has 0 saturated carbocycles. The second kappa shape index (κ2) is 40.4. The largest absolute Gasteiger partial charge is 0.472 e. The lowest BCUT2D eigenvalue weighted by atomic mass is 10.0. The first kappa shape index (κ1) is 51.7. The third-order valence-corrected chi connectivity index (χ3v) is 9.64. The summed E-state index contributed by atoms with van der Waals surface area (Å²) in [7, 11) is -2.67. The molecule has 312 valence electrons. The number of rotatable bonds is 39. The van der Waals surface area contributed by atoms with Crippen molar-refractivity contribution in [1.82, 2.24) is 5.32 Å². The van der Waals surface area contributed by atoms with Crippen molar-refractivity contribution < 1.29 is 37.6 Å². The third kappa shape index (κ3) is 39.4. The van der Waals surface area contributed by atoms with Crippen LogP contribution in [-0.2, 0) is 32.7 Å². The smallest absolute Gasteiger partial charge is 0.462 e. The van der Waals surface area contributed by atoms with E-state index in [4.69, 9.17) is 18.5 Å². The molecule has 0 aromatic carbocycles. The Bertz CT molecular complexity index is 1070. The van der Waals surface area contributed by atoms with Crippen LogP contribution in [0.2, 0.25) is 0 Å². The van der Waals surface area contributed by atoms with Gasteiger partial charge in [-0.25, -0.2) is 4.57 Å². The number of ether oxygens (including phenoxy) is 2. The Kier molecular flexibility index (Phi) is 38.7. The van der Waals surface area contributed by atoms with E-state index in [-0.39, 0.29) is 26.1 Å². The highest BCUT2D eigenvalue weighted by molar-refractivity contribution is 7.47. The third-order valence-electron chi connectivity index (χ3n) is 8.65. The van der Waals surface area contributed by atoms with Crippen molar-refractivity contribution >= 4 is 19.8 Å². The quantitative estimate of drug-likeness (QED) is 0.0272. The number of carbonyl (C=O) groups excluding carboxylic acids is 2. The number of carbonyl (C=O) groups is 2. The Morgan fingerprint density at radius 1 is 0.574 bits per heavy atom.